The van der Waals surface area contributed by atoms with E-state index in [4.69, 9.17) is 10.9 Å². The molecular formula is C11H9BrN4O3. The number of nitrogens with two attached hydrogens (primary N) is 1. The Bertz CT molecular complexity index is 625. The Hall–Kier alpha value is -2.35. The predicted molar refractivity (Wildman–Crippen MR) is 71.1 cm³/mol. The number of hydrogen-bond donors (Lipinski definition) is 3. The summed E-state index contributed by atoms with van der Waals surface area (Å²) in [5.74, 6) is -0.416. The maximum atomic E-state index is 11.8. The van der Waals surface area contributed by atoms with E-state index in [9.17, 15) is 4.79 Å². The summed E-state index contributed by atoms with van der Waals surface area (Å²) in [5.41, 5.74) is 6.69. The molecule has 2 aromatic rings. The molecule has 0 aliphatic carbocycles. The molecule has 1 heterocycles. The van der Waals surface area contributed by atoms with E-state index in [2.05, 4.69) is 36.1 Å². The third-order valence-electron chi connectivity index (χ3n) is 2.29. The minimum absolute atomic E-state index is 0.0184. The highest BCUT2D eigenvalue weighted by Crippen LogP contribution is 2.24. The van der Waals surface area contributed by atoms with Crippen LogP contribution in [-0.4, -0.2) is 22.1 Å². The van der Waals surface area contributed by atoms with Gasteiger partial charge in [0.1, 0.15) is 6.26 Å². The number of carbonyl (C=O) groups excluding carboxylic acids is 1. The van der Waals surface area contributed by atoms with Crippen LogP contribution in [0.25, 0.3) is 0 Å². The number of hydrogen-bond acceptors (Lipinski definition) is 5. The van der Waals surface area contributed by atoms with Gasteiger partial charge in [-0.05, 0) is 34.1 Å². The van der Waals surface area contributed by atoms with Crippen LogP contribution < -0.4 is 11.1 Å². The molecule has 7 nitrogen and oxygen atoms in total. The summed E-state index contributed by atoms with van der Waals surface area (Å²) in [4.78, 5) is 11.8. The minimum atomic E-state index is -0.397. The van der Waals surface area contributed by atoms with Crippen molar-refractivity contribution in [3.63, 3.8) is 0 Å². The molecule has 0 atom stereocenters. The summed E-state index contributed by atoms with van der Waals surface area (Å²) in [6.45, 7) is 0. The number of nitrogens with zero attached hydrogens (tertiary/aromatic N) is 2. The SMILES string of the molecule is N/C(=N/O)c1ccc(NC(=O)c2ccon2)c(Br)c1. The van der Waals surface area contributed by atoms with Gasteiger partial charge in [0.2, 0.25) is 0 Å². The first kappa shape index (κ1) is 13.1. The molecule has 0 saturated carbocycles. The highest BCUT2D eigenvalue weighted by molar-refractivity contribution is 9.10. The summed E-state index contributed by atoms with van der Waals surface area (Å²) in [6.07, 6.45) is 1.31. The fraction of sp³-hybridized carbons (Fsp3) is 0. The second-order valence-electron chi connectivity index (χ2n) is 3.52. The van der Waals surface area contributed by atoms with Gasteiger partial charge in [0.05, 0.1) is 5.69 Å². The highest BCUT2D eigenvalue weighted by atomic mass is 79.9. The van der Waals surface area contributed by atoms with Crippen molar-refractivity contribution in [2.75, 3.05) is 5.32 Å². The Morgan fingerprint density at radius 2 is 2.26 bits per heavy atom. The van der Waals surface area contributed by atoms with Gasteiger partial charge in [0, 0.05) is 16.1 Å². The molecule has 0 aliphatic heterocycles. The van der Waals surface area contributed by atoms with Crippen LogP contribution in [0.5, 0.6) is 0 Å². The zero-order valence-electron chi connectivity index (χ0n) is 9.50. The fourth-order valence-electron chi connectivity index (χ4n) is 1.35. The van der Waals surface area contributed by atoms with E-state index in [1.54, 1.807) is 18.2 Å². The Balaban J connectivity index is 2.20. The number of benzene rings is 1. The Morgan fingerprint density at radius 1 is 1.47 bits per heavy atom. The number of aromatic nitrogens is 1. The van der Waals surface area contributed by atoms with Crippen molar-refractivity contribution in [3.8, 4) is 0 Å². The molecule has 0 aliphatic rings. The number of amidine groups is 1. The van der Waals surface area contributed by atoms with Crippen molar-refractivity contribution < 1.29 is 14.5 Å². The number of halogens is 1. The summed E-state index contributed by atoms with van der Waals surface area (Å²) in [5, 5.41) is 17.6. The maximum absolute atomic E-state index is 11.8. The molecule has 98 valence electrons. The van der Waals surface area contributed by atoms with Gasteiger partial charge in [0.25, 0.3) is 5.91 Å². The topological polar surface area (TPSA) is 114 Å². The summed E-state index contributed by atoms with van der Waals surface area (Å²) in [6, 6.07) is 6.30. The van der Waals surface area contributed by atoms with E-state index in [-0.39, 0.29) is 11.5 Å². The van der Waals surface area contributed by atoms with E-state index in [0.29, 0.717) is 15.7 Å². The van der Waals surface area contributed by atoms with Gasteiger partial charge in [-0.15, -0.1) is 0 Å². The van der Waals surface area contributed by atoms with E-state index >= 15 is 0 Å². The largest absolute Gasteiger partial charge is 0.409 e. The van der Waals surface area contributed by atoms with Crippen LogP contribution in [0.4, 0.5) is 5.69 Å². The Labute approximate surface area is 116 Å². The lowest BCUT2D eigenvalue weighted by atomic mass is 10.2. The van der Waals surface area contributed by atoms with Crippen LogP contribution in [0.15, 0.2) is 44.7 Å². The van der Waals surface area contributed by atoms with Crippen molar-refractivity contribution >= 4 is 33.4 Å². The number of nitrogens with one attached hydrogen (secondary N) is 1. The van der Waals surface area contributed by atoms with Gasteiger partial charge in [-0.1, -0.05) is 10.3 Å². The predicted octanol–water partition coefficient (Wildman–Crippen LogP) is 1.78. The van der Waals surface area contributed by atoms with E-state index < -0.39 is 5.91 Å². The maximum Gasteiger partial charge on any atom is 0.277 e. The van der Waals surface area contributed by atoms with Crippen LogP contribution in [0.3, 0.4) is 0 Å². The molecular weight excluding hydrogens is 316 g/mol. The quantitative estimate of drug-likeness (QED) is 0.344. The van der Waals surface area contributed by atoms with Crippen LogP contribution in [0, 0.1) is 0 Å². The third-order valence-corrected chi connectivity index (χ3v) is 2.95. The van der Waals surface area contributed by atoms with Gasteiger partial charge in [-0.3, -0.25) is 4.79 Å². The molecule has 19 heavy (non-hydrogen) atoms. The standard InChI is InChI=1S/C11H9BrN4O3/c12-7-5-6(10(13)15-18)1-2-8(7)14-11(17)9-3-4-19-16-9/h1-5,18H,(H2,13,15)(H,14,17). The van der Waals surface area contributed by atoms with Crippen molar-refractivity contribution in [1.82, 2.24) is 5.16 Å². The first-order valence-electron chi connectivity index (χ1n) is 5.11. The van der Waals surface area contributed by atoms with Gasteiger partial charge in [0.15, 0.2) is 11.5 Å². The van der Waals surface area contributed by atoms with E-state index in [1.807, 2.05) is 0 Å². The molecule has 1 aromatic heterocycles. The Morgan fingerprint density at radius 3 is 2.84 bits per heavy atom. The molecule has 0 saturated heterocycles. The molecule has 0 bridgehead atoms. The Kier molecular flexibility index (Phi) is 3.81. The third kappa shape index (κ3) is 2.91. The molecule has 0 unspecified atom stereocenters. The number of rotatable bonds is 3. The molecule has 0 spiro atoms. The normalized spacial score (nSPS) is 11.3. The van der Waals surface area contributed by atoms with Crippen molar-refractivity contribution in [2.24, 2.45) is 10.9 Å². The fourth-order valence-corrected chi connectivity index (χ4v) is 1.83. The zero-order valence-corrected chi connectivity index (χ0v) is 11.1. The monoisotopic (exact) mass is 324 g/mol. The molecule has 8 heteroatoms. The van der Waals surface area contributed by atoms with Gasteiger partial charge < -0.3 is 20.8 Å². The summed E-state index contributed by atoms with van der Waals surface area (Å²) in [7, 11) is 0. The lowest BCUT2D eigenvalue weighted by Gasteiger charge is -2.07. The van der Waals surface area contributed by atoms with Crippen molar-refractivity contribution in [1.29, 1.82) is 0 Å². The molecule has 4 N–H and O–H groups in total. The van der Waals surface area contributed by atoms with Crippen molar-refractivity contribution in [3.05, 3.63) is 46.3 Å². The number of anilines is 1. The first-order chi connectivity index (χ1) is 9.11. The van der Waals surface area contributed by atoms with Crippen LogP contribution in [0.1, 0.15) is 16.1 Å². The molecule has 0 radical (unpaired) electrons. The van der Waals surface area contributed by atoms with E-state index in [1.165, 1.54) is 12.3 Å². The average molecular weight is 325 g/mol. The summed E-state index contributed by atoms with van der Waals surface area (Å²) >= 11 is 3.29. The second-order valence-corrected chi connectivity index (χ2v) is 4.37. The molecule has 1 amide bonds. The number of amides is 1. The molecule has 1 aromatic carbocycles. The van der Waals surface area contributed by atoms with Gasteiger partial charge in [-0.25, -0.2) is 0 Å². The smallest absolute Gasteiger partial charge is 0.277 e. The van der Waals surface area contributed by atoms with Crippen LogP contribution >= 0.6 is 15.9 Å². The van der Waals surface area contributed by atoms with Gasteiger partial charge in [-0.2, -0.15) is 0 Å². The number of oxime groups is 1. The van der Waals surface area contributed by atoms with Crippen LogP contribution in [0.2, 0.25) is 0 Å². The number of carbonyl (C=O) groups is 1. The first-order valence-corrected chi connectivity index (χ1v) is 5.90. The zero-order chi connectivity index (χ0) is 13.8. The molecule has 0 fully saturated rings. The van der Waals surface area contributed by atoms with Crippen LogP contribution in [-0.2, 0) is 0 Å². The summed E-state index contributed by atoms with van der Waals surface area (Å²) < 4.78 is 5.18. The van der Waals surface area contributed by atoms with Gasteiger partial charge >= 0.3 is 0 Å². The lowest BCUT2D eigenvalue weighted by molar-refractivity contribution is 0.101. The van der Waals surface area contributed by atoms with Crippen molar-refractivity contribution in [2.45, 2.75) is 0 Å². The minimum Gasteiger partial charge on any atom is -0.409 e. The highest BCUT2D eigenvalue weighted by Gasteiger charge is 2.12. The molecule has 2 rings (SSSR count). The lowest BCUT2D eigenvalue weighted by Crippen LogP contribution is -2.15. The van der Waals surface area contributed by atoms with E-state index in [0.717, 1.165) is 0 Å². The second kappa shape index (κ2) is 5.53. The average Bonchev–Trinajstić information content (AvgIpc) is 2.94.